The zero-order chi connectivity index (χ0) is 21.4. The van der Waals surface area contributed by atoms with Gasteiger partial charge in [0.15, 0.2) is 0 Å². The summed E-state index contributed by atoms with van der Waals surface area (Å²) in [6, 6.07) is 8.99. The van der Waals surface area contributed by atoms with Crippen molar-refractivity contribution in [3.05, 3.63) is 69.2 Å². The average molecular weight is 469 g/mol. The number of halogens is 5. The van der Waals surface area contributed by atoms with Gasteiger partial charge in [0.05, 0.1) is 21.1 Å². The highest BCUT2D eigenvalue weighted by molar-refractivity contribution is 7.87. The van der Waals surface area contributed by atoms with E-state index in [-0.39, 0.29) is 10.6 Å². The Labute approximate surface area is 170 Å². The molecule has 0 bridgehead atoms. The molecular formula is C15H9Cl2F3N4O4S. The molecule has 0 aliphatic rings. The topological polar surface area (TPSA) is 97.9 Å². The monoisotopic (exact) mass is 468 g/mol. The fourth-order valence-corrected chi connectivity index (χ4v) is 2.84. The molecule has 14 heteroatoms. The van der Waals surface area contributed by atoms with Gasteiger partial charge in [0.1, 0.15) is 0 Å². The van der Waals surface area contributed by atoms with Gasteiger partial charge in [-0.3, -0.25) is 14.4 Å². The van der Waals surface area contributed by atoms with Crippen molar-refractivity contribution in [2.45, 2.75) is 5.51 Å². The molecule has 0 aliphatic heterocycles. The predicted octanol–water partition coefficient (Wildman–Crippen LogP) is 3.50. The van der Waals surface area contributed by atoms with E-state index in [4.69, 9.17) is 23.2 Å². The Bertz CT molecular complexity index is 1350. The molecule has 0 aromatic carbocycles. The zero-order valence-corrected chi connectivity index (χ0v) is 16.2. The number of nitrogens with one attached hydrogen (secondary N) is 1. The van der Waals surface area contributed by atoms with Crippen LogP contribution in [-0.4, -0.2) is 33.2 Å². The molecule has 0 fully saturated rings. The minimum Gasteiger partial charge on any atom is -0.354 e. The standard InChI is InChI=1S/C8H4ClF3N2O3S.C7H5ClN2O/c9-5-1-2-6-3-7(13-14(6)4-5)17-18(15,16)8(10,11)12;8-5-1-2-6-3-7(11)9-10(6)4-5/h1-4H;1-4H,(H,9,11). The second-order valence-electron chi connectivity index (χ2n) is 5.45. The largest absolute Gasteiger partial charge is 0.534 e. The highest BCUT2D eigenvalue weighted by atomic mass is 35.5. The first-order valence-electron chi connectivity index (χ1n) is 7.47. The van der Waals surface area contributed by atoms with Gasteiger partial charge in [-0.2, -0.15) is 21.6 Å². The van der Waals surface area contributed by atoms with Crippen LogP contribution >= 0.6 is 23.2 Å². The van der Waals surface area contributed by atoms with E-state index >= 15 is 0 Å². The second kappa shape index (κ2) is 7.61. The second-order valence-corrected chi connectivity index (χ2v) is 7.86. The first-order valence-corrected chi connectivity index (χ1v) is 9.64. The molecule has 0 radical (unpaired) electrons. The van der Waals surface area contributed by atoms with Gasteiger partial charge in [0.2, 0.25) is 0 Å². The van der Waals surface area contributed by atoms with Gasteiger partial charge in [-0.15, -0.1) is 5.10 Å². The molecule has 1 N–H and O–H groups in total. The maximum Gasteiger partial charge on any atom is 0.534 e. The Balaban J connectivity index is 0.000000186. The molecule has 4 aromatic heterocycles. The lowest BCUT2D eigenvalue weighted by molar-refractivity contribution is -0.0501. The fraction of sp³-hybridized carbons (Fsp3) is 0.0667. The minimum atomic E-state index is -5.72. The highest BCUT2D eigenvalue weighted by Gasteiger charge is 2.49. The summed E-state index contributed by atoms with van der Waals surface area (Å²) in [5.74, 6) is -0.686. The summed E-state index contributed by atoms with van der Waals surface area (Å²) < 4.78 is 64.2. The van der Waals surface area contributed by atoms with E-state index in [1.54, 1.807) is 22.8 Å². The van der Waals surface area contributed by atoms with Gasteiger partial charge in [0.25, 0.3) is 11.4 Å². The number of nitrogens with zero attached hydrogens (tertiary/aromatic N) is 3. The summed E-state index contributed by atoms with van der Waals surface area (Å²) in [6.07, 6.45) is 2.95. The van der Waals surface area contributed by atoms with E-state index in [0.29, 0.717) is 10.5 Å². The van der Waals surface area contributed by atoms with Crippen LogP contribution in [0.15, 0.2) is 53.6 Å². The maximum absolute atomic E-state index is 12.1. The van der Waals surface area contributed by atoms with Gasteiger partial charge in [-0.1, -0.05) is 23.2 Å². The van der Waals surface area contributed by atoms with E-state index in [1.807, 2.05) is 0 Å². The SMILES string of the molecule is O=S(=O)(Oc1cc2ccc(Cl)cn2n1)C(F)(F)F.O=c1cc2ccc(Cl)cn2[nH]1. The molecule has 8 nitrogen and oxygen atoms in total. The summed E-state index contributed by atoms with van der Waals surface area (Å²) in [5, 5.41) is 6.97. The number of fused-ring (bicyclic) bond motifs is 2. The number of hydrogen-bond donors (Lipinski definition) is 1. The summed E-state index contributed by atoms with van der Waals surface area (Å²) in [4.78, 5) is 10.8. The number of aromatic amines is 1. The fourth-order valence-electron chi connectivity index (χ4n) is 2.12. The number of rotatable bonds is 2. The van der Waals surface area contributed by atoms with Crippen LogP contribution in [0.3, 0.4) is 0 Å². The zero-order valence-electron chi connectivity index (χ0n) is 13.9. The van der Waals surface area contributed by atoms with Crippen molar-refractivity contribution in [3.63, 3.8) is 0 Å². The van der Waals surface area contributed by atoms with E-state index in [0.717, 1.165) is 16.1 Å². The quantitative estimate of drug-likeness (QED) is 0.358. The van der Waals surface area contributed by atoms with E-state index in [1.165, 1.54) is 24.4 Å². The van der Waals surface area contributed by atoms with Crippen molar-refractivity contribution in [2.24, 2.45) is 0 Å². The number of aromatic nitrogens is 4. The van der Waals surface area contributed by atoms with Crippen LogP contribution in [0.1, 0.15) is 0 Å². The first-order chi connectivity index (χ1) is 13.4. The van der Waals surface area contributed by atoms with Gasteiger partial charge < -0.3 is 4.18 Å². The summed E-state index contributed by atoms with van der Waals surface area (Å²) in [7, 11) is -5.72. The number of H-pyrrole nitrogens is 1. The molecular weight excluding hydrogens is 460 g/mol. The predicted molar refractivity (Wildman–Crippen MR) is 98.8 cm³/mol. The van der Waals surface area contributed by atoms with Gasteiger partial charge in [0, 0.05) is 24.5 Å². The summed E-state index contributed by atoms with van der Waals surface area (Å²) in [6.45, 7) is 0. The van der Waals surface area contributed by atoms with Crippen molar-refractivity contribution in [1.82, 2.24) is 19.2 Å². The lowest BCUT2D eigenvalue weighted by Gasteiger charge is -2.06. The van der Waals surface area contributed by atoms with Crippen LogP contribution in [-0.2, 0) is 10.1 Å². The Morgan fingerprint density at radius 1 is 1.00 bits per heavy atom. The lowest BCUT2D eigenvalue weighted by atomic mass is 10.4. The number of hydrogen-bond acceptors (Lipinski definition) is 5. The third-order valence-corrected chi connectivity index (χ3v) is 4.74. The third-order valence-electron chi connectivity index (χ3n) is 3.33. The molecule has 4 heterocycles. The van der Waals surface area contributed by atoms with Crippen LogP contribution in [0.4, 0.5) is 13.2 Å². The third kappa shape index (κ3) is 4.83. The molecule has 154 valence electrons. The Hall–Kier alpha value is -2.70. The van der Waals surface area contributed by atoms with Crippen molar-refractivity contribution < 1.29 is 25.8 Å². The normalized spacial score (nSPS) is 12.0. The number of alkyl halides is 3. The van der Waals surface area contributed by atoms with Gasteiger partial charge >= 0.3 is 15.6 Å². The van der Waals surface area contributed by atoms with Gasteiger partial charge in [-0.05, 0) is 24.3 Å². The smallest absolute Gasteiger partial charge is 0.354 e. The summed E-state index contributed by atoms with van der Waals surface area (Å²) in [5.41, 5.74) is -4.46. The van der Waals surface area contributed by atoms with Crippen LogP contribution in [0.2, 0.25) is 10.0 Å². The van der Waals surface area contributed by atoms with Crippen LogP contribution < -0.4 is 9.74 Å². The average Bonchev–Trinajstić information content (AvgIpc) is 3.14. The van der Waals surface area contributed by atoms with E-state index < -0.39 is 21.5 Å². The maximum atomic E-state index is 12.1. The summed E-state index contributed by atoms with van der Waals surface area (Å²) >= 11 is 11.3. The Morgan fingerprint density at radius 2 is 1.62 bits per heavy atom. The van der Waals surface area contributed by atoms with E-state index in [2.05, 4.69) is 14.4 Å². The van der Waals surface area contributed by atoms with Gasteiger partial charge in [-0.25, -0.2) is 4.52 Å². The first kappa shape index (κ1) is 21.0. The Kier molecular flexibility index (Phi) is 5.52. The molecule has 4 rings (SSSR count). The lowest BCUT2D eigenvalue weighted by Crippen LogP contribution is -2.28. The minimum absolute atomic E-state index is 0.118. The molecule has 0 atom stereocenters. The van der Waals surface area contributed by atoms with Crippen molar-refractivity contribution >= 4 is 44.4 Å². The molecule has 0 amide bonds. The van der Waals surface area contributed by atoms with Crippen molar-refractivity contribution in [1.29, 1.82) is 0 Å². The van der Waals surface area contributed by atoms with Crippen LogP contribution in [0.25, 0.3) is 11.0 Å². The molecule has 0 aliphatic carbocycles. The van der Waals surface area contributed by atoms with Crippen molar-refractivity contribution in [3.8, 4) is 5.88 Å². The van der Waals surface area contributed by atoms with Crippen LogP contribution in [0.5, 0.6) is 5.88 Å². The number of pyridine rings is 2. The molecule has 29 heavy (non-hydrogen) atoms. The molecule has 0 unspecified atom stereocenters. The molecule has 0 spiro atoms. The van der Waals surface area contributed by atoms with Crippen molar-refractivity contribution in [2.75, 3.05) is 0 Å². The molecule has 0 saturated heterocycles. The highest BCUT2D eigenvalue weighted by Crippen LogP contribution is 2.27. The molecule has 0 saturated carbocycles. The van der Waals surface area contributed by atoms with Crippen LogP contribution in [0, 0.1) is 0 Å². The molecule has 4 aromatic rings. The Morgan fingerprint density at radius 3 is 2.28 bits per heavy atom. The van der Waals surface area contributed by atoms with E-state index in [9.17, 15) is 26.4 Å².